The molecule has 0 fully saturated rings. The molecule has 6 heteroatoms. The molecule has 45 heavy (non-hydrogen) atoms. The van der Waals surface area contributed by atoms with Crippen LogP contribution in [0, 0.1) is 0 Å². The third kappa shape index (κ3) is 4.38. The number of hydrogen-bond donors (Lipinski definition) is 0. The second-order valence-electron chi connectivity index (χ2n) is 10.9. The van der Waals surface area contributed by atoms with Crippen molar-refractivity contribution in [2.24, 2.45) is 0 Å². The normalized spacial score (nSPS) is 12.3. The standard InChI is InChI=1S/C39H24N4OS/c1-2-11-25(12-3-1)37-40-38(42-39(41-37)30-15-10-14-29-28-13-4-7-18-33(28)44-36(29)30)26-21-23-27(24-22-26)43-31-16-5-8-19-34(31)45-35-20-9-6-17-32(35)43/h1-24H. The van der Waals surface area contributed by atoms with Gasteiger partial charge in [0.15, 0.2) is 17.5 Å². The number of hydrogen-bond acceptors (Lipinski definition) is 6. The zero-order chi connectivity index (χ0) is 29.7. The number of anilines is 3. The van der Waals surface area contributed by atoms with Crippen LogP contribution in [-0.4, -0.2) is 15.0 Å². The number of rotatable bonds is 4. The lowest BCUT2D eigenvalue weighted by molar-refractivity contribution is 0.669. The first-order chi connectivity index (χ1) is 22.3. The van der Waals surface area contributed by atoms with Gasteiger partial charge in [0.1, 0.15) is 11.2 Å². The molecule has 212 valence electrons. The Labute approximate surface area is 263 Å². The first-order valence-electron chi connectivity index (χ1n) is 14.8. The largest absolute Gasteiger partial charge is 0.455 e. The molecule has 0 atom stereocenters. The van der Waals surface area contributed by atoms with Gasteiger partial charge in [-0.2, -0.15) is 0 Å². The molecule has 1 aliphatic heterocycles. The summed E-state index contributed by atoms with van der Waals surface area (Å²) in [6, 6.07) is 49.8. The molecule has 0 saturated heterocycles. The van der Waals surface area contributed by atoms with Crippen molar-refractivity contribution < 1.29 is 4.42 Å². The summed E-state index contributed by atoms with van der Waals surface area (Å²) >= 11 is 1.81. The molecule has 2 aromatic heterocycles. The van der Waals surface area contributed by atoms with Crippen LogP contribution in [0.4, 0.5) is 17.1 Å². The lowest BCUT2D eigenvalue weighted by atomic mass is 10.1. The monoisotopic (exact) mass is 596 g/mol. The number of furan rings is 1. The third-order valence-electron chi connectivity index (χ3n) is 8.13. The average Bonchev–Trinajstić information content (AvgIpc) is 3.50. The topological polar surface area (TPSA) is 55.1 Å². The fourth-order valence-electron chi connectivity index (χ4n) is 6.01. The number of fused-ring (bicyclic) bond motifs is 5. The van der Waals surface area contributed by atoms with Crippen LogP contribution in [0.3, 0.4) is 0 Å². The lowest BCUT2D eigenvalue weighted by Crippen LogP contribution is -2.14. The SMILES string of the molecule is c1ccc(-c2nc(-c3ccc(N4c5ccccc5Sc5ccccc54)cc3)nc(-c3cccc4c3oc3ccccc34)n2)cc1. The molecule has 3 heterocycles. The highest BCUT2D eigenvalue weighted by atomic mass is 32.2. The highest BCUT2D eigenvalue weighted by Gasteiger charge is 2.24. The number of nitrogens with zero attached hydrogens (tertiary/aromatic N) is 4. The summed E-state index contributed by atoms with van der Waals surface area (Å²) < 4.78 is 6.36. The second kappa shape index (κ2) is 10.5. The number of para-hydroxylation sites is 4. The Morgan fingerprint density at radius 1 is 0.467 bits per heavy atom. The van der Waals surface area contributed by atoms with Gasteiger partial charge in [0, 0.05) is 37.4 Å². The second-order valence-corrected chi connectivity index (χ2v) is 12.0. The fourth-order valence-corrected chi connectivity index (χ4v) is 7.07. The maximum absolute atomic E-state index is 6.36. The summed E-state index contributed by atoms with van der Waals surface area (Å²) in [4.78, 5) is 19.8. The van der Waals surface area contributed by atoms with Crippen LogP contribution in [0.15, 0.2) is 160 Å². The van der Waals surface area contributed by atoms with Crippen molar-refractivity contribution in [3.05, 3.63) is 146 Å². The molecular formula is C39H24N4OS. The molecule has 5 nitrogen and oxygen atoms in total. The molecule has 0 bridgehead atoms. The molecule has 0 amide bonds. The molecule has 0 N–H and O–H groups in total. The highest BCUT2D eigenvalue weighted by Crippen LogP contribution is 2.51. The van der Waals surface area contributed by atoms with Crippen molar-refractivity contribution in [1.82, 2.24) is 15.0 Å². The first-order valence-corrected chi connectivity index (χ1v) is 15.6. The van der Waals surface area contributed by atoms with Crippen molar-refractivity contribution in [3.63, 3.8) is 0 Å². The van der Waals surface area contributed by atoms with E-state index in [4.69, 9.17) is 19.4 Å². The molecule has 0 saturated carbocycles. The predicted molar refractivity (Wildman–Crippen MR) is 182 cm³/mol. The van der Waals surface area contributed by atoms with Crippen LogP contribution < -0.4 is 4.90 Å². The van der Waals surface area contributed by atoms with E-state index >= 15 is 0 Å². The molecule has 9 rings (SSSR count). The Bertz CT molecular complexity index is 2320. The van der Waals surface area contributed by atoms with Gasteiger partial charge >= 0.3 is 0 Å². The number of aromatic nitrogens is 3. The minimum atomic E-state index is 0.573. The van der Waals surface area contributed by atoms with E-state index in [2.05, 4.69) is 89.8 Å². The molecule has 0 unspecified atom stereocenters. The smallest absolute Gasteiger partial charge is 0.167 e. The summed E-state index contributed by atoms with van der Waals surface area (Å²) in [5, 5.41) is 2.11. The summed E-state index contributed by atoms with van der Waals surface area (Å²) in [7, 11) is 0. The quantitative estimate of drug-likeness (QED) is 0.201. The average molecular weight is 597 g/mol. The van der Waals surface area contributed by atoms with Crippen LogP contribution in [0.2, 0.25) is 0 Å². The van der Waals surface area contributed by atoms with Gasteiger partial charge in [-0.1, -0.05) is 96.7 Å². The van der Waals surface area contributed by atoms with Crippen LogP contribution in [-0.2, 0) is 0 Å². The summed E-state index contributed by atoms with van der Waals surface area (Å²) in [6.07, 6.45) is 0. The Balaban J connectivity index is 1.19. The van der Waals surface area contributed by atoms with Gasteiger partial charge in [0.05, 0.1) is 16.9 Å². The Hall–Kier alpha value is -5.72. The van der Waals surface area contributed by atoms with Gasteiger partial charge in [-0.25, -0.2) is 15.0 Å². The van der Waals surface area contributed by atoms with Crippen LogP contribution in [0.1, 0.15) is 0 Å². The van der Waals surface area contributed by atoms with Gasteiger partial charge in [0.2, 0.25) is 0 Å². The minimum absolute atomic E-state index is 0.573. The maximum atomic E-state index is 6.36. The Kier molecular flexibility index (Phi) is 5.99. The van der Waals surface area contributed by atoms with Gasteiger partial charge in [0.25, 0.3) is 0 Å². The highest BCUT2D eigenvalue weighted by molar-refractivity contribution is 7.99. The molecule has 0 aliphatic carbocycles. The maximum Gasteiger partial charge on any atom is 0.167 e. The van der Waals surface area contributed by atoms with Crippen molar-refractivity contribution >= 4 is 50.8 Å². The van der Waals surface area contributed by atoms with E-state index in [1.165, 1.54) is 21.2 Å². The molecule has 0 spiro atoms. The van der Waals surface area contributed by atoms with Crippen molar-refractivity contribution in [2.45, 2.75) is 9.79 Å². The van der Waals surface area contributed by atoms with Crippen LogP contribution in [0.5, 0.6) is 0 Å². The Morgan fingerprint density at radius 2 is 1.04 bits per heavy atom. The molecular weight excluding hydrogens is 573 g/mol. The molecule has 0 radical (unpaired) electrons. The van der Waals surface area contributed by atoms with E-state index in [9.17, 15) is 0 Å². The van der Waals surface area contributed by atoms with Crippen LogP contribution >= 0.6 is 11.8 Å². The van der Waals surface area contributed by atoms with E-state index in [0.29, 0.717) is 17.5 Å². The predicted octanol–water partition coefficient (Wildman–Crippen LogP) is 10.7. The van der Waals surface area contributed by atoms with E-state index in [1.807, 2.05) is 60.7 Å². The Morgan fingerprint density at radius 3 is 1.78 bits per heavy atom. The van der Waals surface area contributed by atoms with Crippen LogP contribution in [0.25, 0.3) is 56.1 Å². The van der Waals surface area contributed by atoms with E-state index < -0.39 is 0 Å². The van der Waals surface area contributed by atoms with E-state index in [1.54, 1.807) is 11.8 Å². The van der Waals surface area contributed by atoms with Gasteiger partial charge in [-0.15, -0.1) is 0 Å². The molecule has 8 aromatic rings. The summed E-state index contributed by atoms with van der Waals surface area (Å²) in [6.45, 7) is 0. The molecule has 6 aromatic carbocycles. The first kappa shape index (κ1) is 25.7. The van der Waals surface area contributed by atoms with E-state index in [0.717, 1.165) is 44.3 Å². The van der Waals surface area contributed by atoms with Gasteiger partial charge in [-0.3, -0.25) is 0 Å². The third-order valence-corrected chi connectivity index (χ3v) is 9.26. The van der Waals surface area contributed by atoms with Crippen molar-refractivity contribution in [2.75, 3.05) is 4.90 Å². The molecule has 1 aliphatic rings. The minimum Gasteiger partial charge on any atom is -0.455 e. The number of benzene rings is 6. The van der Waals surface area contributed by atoms with Gasteiger partial charge in [-0.05, 0) is 60.7 Å². The summed E-state index contributed by atoms with van der Waals surface area (Å²) in [5.74, 6) is 1.79. The van der Waals surface area contributed by atoms with Gasteiger partial charge < -0.3 is 9.32 Å². The van der Waals surface area contributed by atoms with E-state index in [-0.39, 0.29) is 0 Å². The summed E-state index contributed by atoms with van der Waals surface area (Å²) in [5.41, 5.74) is 7.68. The fraction of sp³-hybridized carbons (Fsp3) is 0. The zero-order valence-corrected chi connectivity index (χ0v) is 24.8. The van der Waals surface area contributed by atoms with Crippen molar-refractivity contribution in [1.29, 1.82) is 0 Å². The zero-order valence-electron chi connectivity index (χ0n) is 24.0. The van der Waals surface area contributed by atoms with Crippen molar-refractivity contribution in [3.8, 4) is 34.2 Å². The lowest BCUT2D eigenvalue weighted by Gasteiger charge is -2.32.